The summed E-state index contributed by atoms with van der Waals surface area (Å²) in [5.41, 5.74) is 0.858. The predicted octanol–water partition coefficient (Wildman–Crippen LogP) is 4.10. The van der Waals surface area contributed by atoms with Gasteiger partial charge in [-0.1, -0.05) is 42.3 Å². The second-order valence-electron chi connectivity index (χ2n) is 8.23. The zero-order chi connectivity index (χ0) is 26.3. The monoisotopic (exact) mass is 543 g/mol. The van der Waals surface area contributed by atoms with E-state index in [1.165, 1.54) is 24.1 Å². The van der Waals surface area contributed by atoms with Gasteiger partial charge in [-0.15, -0.1) is 0 Å². The van der Waals surface area contributed by atoms with E-state index < -0.39 is 28.5 Å². The summed E-state index contributed by atoms with van der Waals surface area (Å²) in [5.74, 6) is -0.674. The first-order valence-electron chi connectivity index (χ1n) is 11.0. The Morgan fingerprint density at radius 3 is 2.20 bits per heavy atom. The molecule has 35 heavy (non-hydrogen) atoms. The summed E-state index contributed by atoms with van der Waals surface area (Å²) < 4.78 is 31.7. The topological polar surface area (TPSA) is 96.0 Å². The molecule has 2 aromatic carbocycles. The molecule has 0 aliphatic carbocycles. The molecule has 0 fully saturated rings. The second-order valence-corrected chi connectivity index (χ2v) is 11.0. The number of amides is 2. The molecule has 0 heterocycles. The molecule has 0 bridgehead atoms. The second kappa shape index (κ2) is 12.5. The Balaban J connectivity index is 2.45. The summed E-state index contributed by atoms with van der Waals surface area (Å²) in [4.78, 5) is 27.8. The Kier molecular flexibility index (Phi) is 10.2. The van der Waals surface area contributed by atoms with Crippen molar-refractivity contribution in [2.75, 3.05) is 24.2 Å². The fraction of sp³-hybridized carbons (Fsp3) is 0.417. The summed E-state index contributed by atoms with van der Waals surface area (Å²) in [6.45, 7) is 4.94. The number of benzene rings is 2. The molecule has 2 rings (SSSR count). The zero-order valence-electron chi connectivity index (χ0n) is 20.4. The van der Waals surface area contributed by atoms with Crippen LogP contribution in [-0.2, 0) is 26.2 Å². The maximum Gasteiger partial charge on any atom is 0.244 e. The summed E-state index contributed by atoms with van der Waals surface area (Å²) >= 11 is 12.1. The number of hydrogen-bond donors (Lipinski definition) is 1. The van der Waals surface area contributed by atoms with Crippen LogP contribution in [0.15, 0.2) is 42.5 Å². The quantitative estimate of drug-likeness (QED) is 0.460. The molecule has 8 nitrogen and oxygen atoms in total. The zero-order valence-corrected chi connectivity index (χ0v) is 22.7. The van der Waals surface area contributed by atoms with Crippen molar-refractivity contribution in [1.82, 2.24) is 10.2 Å². The Morgan fingerprint density at radius 1 is 1.06 bits per heavy atom. The molecule has 11 heteroatoms. The number of nitrogens with zero attached hydrogens (tertiary/aromatic N) is 2. The van der Waals surface area contributed by atoms with Gasteiger partial charge in [-0.05, 0) is 56.2 Å². The molecule has 0 spiro atoms. The van der Waals surface area contributed by atoms with Crippen LogP contribution in [0.25, 0.3) is 0 Å². The first-order chi connectivity index (χ1) is 16.4. The van der Waals surface area contributed by atoms with Gasteiger partial charge in [-0.25, -0.2) is 8.42 Å². The predicted molar refractivity (Wildman–Crippen MR) is 140 cm³/mol. The van der Waals surface area contributed by atoms with Gasteiger partial charge in [0.25, 0.3) is 0 Å². The van der Waals surface area contributed by atoms with Crippen LogP contribution in [0.4, 0.5) is 5.69 Å². The first kappa shape index (κ1) is 28.7. The van der Waals surface area contributed by atoms with Gasteiger partial charge in [-0.3, -0.25) is 13.9 Å². The number of sulfonamides is 1. The number of methoxy groups -OCH3 is 1. The van der Waals surface area contributed by atoms with Gasteiger partial charge < -0.3 is 15.0 Å². The van der Waals surface area contributed by atoms with Gasteiger partial charge >= 0.3 is 0 Å². The maximum atomic E-state index is 13.6. The van der Waals surface area contributed by atoms with Crippen LogP contribution in [0.5, 0.6) is 5.75 Å². The third kappa shape index (κ3) is 8.02. The summed E-state index contributed by atoms with van der Waals surface area (Å²) in [5, 5.41) is 3.69. The fourth-order valence-electron chi connectivity index (χ4n) is 3.29. The smallest absolute Gasteiger partial charge is 0.244 e. The molecule has 2 atom stereocenters. The van der Waals surface area contributed by atoms with Crippen molar-refractivity contribution in [3.63, 3.8) is 0 Å². The van der Waals surface area contributed by atoms with Crippen LogP contribution >= 0.6 is 23.2 Å². The Hall–Kier alpha value is -2.49. The van der Waals surface area contributed by atoms with Crippen molar-refractivity contribution in [2.24, 2.45) is 0 Å². The van der Waals surface area contributed by atoms with Crippen molar-refractivity contribution >= 4 is 50.7 Å². The molecule has 0 saturated heterocycles. The SMILES string of the molecule is CC[C@H](C)NC(=O)[C@H](C)N(Cc1ccc(Cl)cc1)C(=O)CN(c1cc(Cl)ccc1OC)S(C)(=O)=O. The summed E-state index contributed by atoms with van der Waals surface area (Å²) in [6.07, 6.45) is 1.71. The number of ether oxygens (including phenoxy) is 1. The van der Waals surface area contributed by atoms with Crippen LogP contribution in [0.1, 0.15) is 32.8 Å². The highest BCUT2D eigenvalue weighted by atomic mass is 35.5. The lowest BCUT2D eigenvalue weighted by Crippen LogP contribution is -2.52. The van der Waals surface area contributed by atoms with Crippen LogP contribution in [0.2, 0.25) is 10.0 Å². The van der Waals surface area contributed by atoms with Crippen molar-refractivity contribution in [3.8, 4) is 5.75 Å². The van der Waals surface area contributed by atoms with E-state index in [4.69, 9.17) is 27.9 Å². The highest BCUT2D eigenvalue weighted by molar-refractivity contribution is 7.92. The molecule has 0 unspecified atom stereocenters. The third-order valence-corrected chi connectivity index (χ3v) is 7.14. The minimum atomic E-state index is -3.91. The van der Waals surface area contributed by atoms with E-state index >= 15 is 0 Å². The molecular weight excluding hydrogens is 513 g/mol. The van der Waals surface area contributed by atoms with Crippen LogP contribution in [0.3, 0.4) is 0 Å². The van der Waals surface area contributed by atoms with Gasteiger partial charge in [-0.2, -0.15) is 0 Å². The minimum absolute atomic E-state index is 0.0787. The number of carbonyl (C=O) groups is 2. The molecule has 0 radical (unpaired) electrons. The van der Waals surface area contributed by atoms with Gasteiger partial charge in [0, 0.05) is 22.6 Å². The fourth-order valence-corrected chi connectivity index (χ4v) is 4.42. The van der Waals surface area contributed by atoms with Crippen molar-refractivity contribution in [3.05, 3.63) is 58.1 Å². The van der Waals surface area contributed by atoms with Crippen molar-refractivity contribution in [1.29, 1.82) is 0 Å². The summed E-state index contributed by atoms with van der Waals surface area (Å²) in [6, 6.07) is 10.4. The Bertz CT molecular complexity index is 1140. The molecular formula is C24H31Cl2N3O5S. The molecule has 0 aliphatic rings. The number of hydrogen-bond acceptors (Lipinski definition) is 5. The van der Waals surface area contributed by atoms with E-state index in [9.17, 15) is 18.0 Å². The molecule has 0 aliphatic heterocycles. The van der Waals surface area contributed by atoms with Gasteiger partial charge in [0.2, 0.25) is 21.8 Å². The molecule has 2 aromatic rings. The average molecular weight is 545 g/mol. The molecule has 192 valence electrons. The number of halogens is 2. The largest absolute Gasteiger partial charge is 0.495 e. The van der Waals surface area contributed by atoms with Gasteiger partial charge in [0.1, 0.15) is 18.3 Å². The maximum absolute atomic E-state index is 13.6. The van der Waals surface area contributed by atoms with Crippen LogP contribution in [0, 0.1) is 0 Å². The Morgan fingerprint density at radius 2 is 1.66 bits per heavy atom. The van der Waals surface area contributed by atoms with E-state index in [1.807, 2.05) is 13.8 Å². The average Bonchev–Trinajstić information content (AvgIpc) is 2.80. The van der Waals surface area contributed by atoms with Crippen molar-refractivity contribution in [2.45, 2.75) is 45.8 Å². The normalized spacial score (nSPS) is 13.0. The van der Waals surface area contributed by atoms with Gasteiger partial charge in [0.15, 0.2) is 0 Å². The molecule has 0 saturated carbocycles. The molecule has 1 N–H and O–H groups in total. The highest BCUT2D eigenvalue weighted by Gasteiger charge is 2.31. The van der Waals surface area contributed by atoms with Crippen molar-refractivity contribution < 1.29 is 22.7 Å². The number of rotatable bonds is 11. The lowest BCUT2D eigenvalue weighted by atomic mass is 10.1. The number of anilines is 1. The standard InChI is InChI=1S/C24H31Cl2N3O5S/c1-6-16(2)27-24(31)17(3)28(14-18-7-9-19(25)10-8-18)23(30)15-29(35(5,32)33)21-13-20(26)11-12-22(21)34-4/h7-13,16-17H,6,14-15H2,1-5H3,(H,27,31)/t16-,17-/m0/s1. The molecule has 0 aromatic heterocycles. The van der Waals surface area contributed by atoms with E-state index in [0.29, 0.717) is 5.02 Å². The number of carbonyl (C=O) groups excluding carboxylic acids is 2. The Labute approximate surface area is 217 Å². The van der Waals surface area contributed by atoms with E-state index in [2.05, 4.69) is 5.32 Å². The minimum Gasteiger partial charge on any atom is -0.495 e. The van der Waals surface area contributed by atoms with Crippen LogP contribution < -0.4 is 14.4 Å². The molecule has 2 amide bonds. The first-order valence-corrected chi connectivity index (χ1v) is 13.6. The van der Waals surface area contributed by atoms with E-state index in [-0.39, 0.29) is 35.0 Å². The third-order valence-electron chi connectivity index (χ3n) is 5.52. The van der Waals surface area contributed by atoms with E-state index in [1.54, 1.807) is 37.3 Å². The lowest BCUT2D eigenvalue weighted by Gasteiger charge is -2.32. The summed E-state index contributed by atoms with van der Waals surface area (Å²) in [7, 11) is -2.52. The van der Waals surface area contributed by atoms with E-state index in [0.717, 1.165) is 22.5 Å². The van der Waals surface area contributed by atoms with Gasteiger partial charge in [0.05, 0.1) is 19.1 Å². The lowest BCUT2D eigenvalue weighted by molar-refractivity contribution is -0.139. The van der Waals surface area contributed by atoms with Crippen LogP contribution in [-0.4, -0.2) is 57.1 Å². The number of nitrogens with one attached hydrogen (secondary N) is 1. The highest BCUT2D eigenvalue weighted by Crippen LogP contribution is 2.33.